The summed E-state index contributed by atoms with van der Waals surface area (Å²) in [5.41, 5.74) is 2.18. The Morgan fingerprint density at radius 2 is 1.96 bits per heavy atom. The average Bonchev–Trinajstić information content (AvgIpc) is 2.59. The van der Waals surface area contributed by atoms with Crippen molar-refractivity contribution in [1.29, 1.82) is 0 Å². The van der Waals surface area contributed by atoms with E-state index in [4.69, 9.17) is 11.6 Å². The van der Waals surface area contributed by atoms with Gasteiger partial charge in [-0.25, -0.2) is 0 Å². The Hall–Kier alpha value is -2.11. The van der Waals surface area contributed by atoms with Crippen molar-refractivity contribution in [3.63, 3.8) is 0 Å². The third-order valence-corrected chi connectivity index (χ3v) is 4.59. The molecule has 0 saturated carbocycles. The van der Waals surface area contributed by atoms with Gasteiger partial charge in [0.15, 0.2) is 0 Å². The molecule has 24 heavy (non-hydrogen) atoms. The van der Waals surface area contributed by atoms with Crippen molar-refractivity contribution in [1.82, 2.24) is 14.8 Å². The van der Waals surface area contributed by atoms with Crippen molar-refractivity contribution >= 4 is 17.5 Å². The van der Waals surface area contributed by atoms with E-state index in [0.717, 1.165) is 25.3 Å². The molecule has 5 nitrogen and oxygen atoms in total. The van der Waals surface area contributed by atoms with Gasteiger partial charge in [-0.2, -0.15) is 0 Å². The number of hydrogen-bond acceptors (Lipinski definition) is 4. The van der Waals surface area contributed by atoms with Crippen molar-refractivity contribution in [2.45, 2.75) is 13.5 Å². The Balaban J connectivity index is 1.59. The van der Waals surface area contributed by atoms with Crippen LogP contribution in [-0.4, -0.2) is 52.0 Å². The fraction of sp³-hybridized carbons (Fsp3) is 0.333. The highest BCUT2D eigenvalue weighted by atomic mass is 35.5. The number of benzene rings is 1. The van der Waals surface area contributed by atoms with E-state index < -0.39 is 0 Å². The summed E-state index contributed by atoms with van der Waals surface area (Å²) >= 11 is 5.85. The lowest BCUT2D eigenvalue weighted by Gasteiger charge is -2.34. The Kier molecular flexibility index (Phi) is 5.02. The molecule has 0 bridgehead atoms. The summed E-state index contributed by atoms with van der Waals surface area (Å²) in [6.07, 6.45) is 1.65. The number of halogens is 1. The number of aromatic nitrogens is 1. The number of phenolic OH excluding ortho intramolecular Hbond substituents is 1. The molecule has 1 saturated heterocycles. The molecule has 0 unspecified atom stereocenters. The fourth-order valence-electron chi connectivity index (χ4n) is 2.86. The normalized spacial score (nSPS) is 15.5. The maximum absolute atomic E-state index is 12.6. The summed E-state index contributed by atoms with van der Waals surface area (Å²) in [5.74, 6) is 0.140. The molecule has 1 aliphatic heterocycles. The van der Waals surface area contributed by atoms with Crippen LogP contribution in [-0.2, 0) is 6.54 Å². The van der Waals surface area contributed by atoms with Crippen LogP contribution >= 0.6 is 11.6 Å². The third kappa shape index (κ3) is 3.68. The lowest BCUT2D eigenvalue weighted by Crippen LogP contribution is -2.48. The molecule has 0 atom stereocenters. The van der Waals surface area contributed by atoms with Crippen LogP contribution in [0.15, 0.2) is 36.5 Å². The smallest absolute Gasteiger partial charge is 0.254 e. The van der Waals surface area contributed by atoms with Gasteiger partial charge in [-0.1, -0.05) is 17.7 Å². The number of aromatic hydroxyl groups is 1. The molecule has 2 aromatic rings. The van der Waals surface area contributed by atoms with Gasteiger partial charge in [-0.3, -0.25) is 14.7 Å². The van der Waals surface area contributed by atoms with E-state index in [9.17, 15) is 9.90 Å². The van der Waals surface area contributed by atoms with Gasteiger partial charge in [0.05, 0.1) is 10.7 Å². The molecule has 1 fully saturated rings. The quantitative estimate of drug-likeness (QED) is 0.929. The van der Waals surface area contributed by atoms with Crippen LogP contribution in [0.3, 0.4) is 0 Å². The second-order valence-corrected chi connectivity index (χ2v) is 6.42. The van der Waals surface area contributed by atoms with Gasteiger partial charge in [0.2, 0.25) is 0 Å². The molecule has 0 radical (unpaired) electrons. The number of pyridine rings is 1. The summed E-state index contributed by atoms with van der Waals surface area (Å²) in [4.78, 5) is 21.1. The number of amides is 1. The number of nitrogens with zero attached hydrogens (tertiary/aromatic N) is 3. The minimum Gasteiger partial charge on any atom is -0.508 e. The Labute approximate surface area is 146 Å². The van der Waals surface area contributed by atoms with Crippen molar-refractivity contribution in [3.8, 4) is 5.75 Å². The van der Waals surface area contributed by atoms with Crippen LogP contribution in [0.5, 0.6) is 5.75 Å². The molecule has 0 aliphatic carbocycles. The standard InChI is InChI=1S/C18H20ClN3O2/c1-13-16(3-2-4-17(13)23)18(24)22-9-7-21(8-10-22)12-15-6-5-14(19)11-20-15/h2-6,11,23H,7-10,12H2,1H3. The van der Waals surface area contributed by atoms with Gasteiger partial charge in [0.25, 0.3) is 5.91 Å². The topological polar surface area (TPSA) is 56.7 Å². The van der Waals surface area contributed by atoms with E-state index in [2.05, 4.69) is 9.88 Å². The third-order valence-electron chi connectivity index (χ3n) is 4.37. The predicted octanol–water partition coefficient (Wildman–Crippen LogP) is 2.71. The highest BCUT2D eigenvalue weighted by Crippen LogP contribution is 2.21. The summed E-state index contributed by atoms with van der Waals surface area (Å²) in [6, 6.07) is 8.84. The van der Waals surface area contributed by atoms with Crippen LogP contribution in [0, 0.1) is 6.92 Å². The maximum Gasteiger partial charge on any atom is 0.254 e. The second kappa shape index (κ2) is 7.20. The number of phenols is 1. The number of hydrogen-bond donors (Lipinski definition) is 1. The first kappa shape index (κ1) is 16.7. The van der Waals surface area contributed by atoms with Gasteiger partial charge >= 0.3 is 0 Å². The van der Waals surface area contributed by atoms with E-state index in [-0.39, 0.29) is 11.7 Å². The Morgan fingerprint density at radius 1 is 1.21 bits per heavy atom. The van der Waals surface area contributed by atoms with Crippen LogP contribution in [0.4, 0.5) is 0 Å². The van der Waals surface area contributed by atoms with Crippen LogP contribution in [0.25, 0.3) is 0 Å². The molecular formula is C18H20ClN3O2. The van der Waals surface area contributed by atoms with Crippen molar-refractivity contribution in [2.24, 2.45) is 0 Å². The molecule has 1 amide bonds. The monoisotopic (exact) mass is 345 g/mol. The van der Waals surface area contributed by atoms with Gasteiger partial charge in [-0.05, 0) is 31.2 Å². The van der Waals surface area contributed by atoms with Gasteiger partial charge in [0, 0.05) is 50.0 Å². The zero-order valence-electron chi connectivity index (χ0n) is 13.6. The van der Waals surface area contributed by atoms with Gasteiger partial charge < -0.3 is 10.0 Å². The van der Waals surface area contributed by atoms with Crippen molar-refractivity contribution < 1.29 is 9.90 Å². The molecule has 1 aromatic heterocycles. The predicted molar refractivity (Wildman–Crippen MR) is 93.3 cm³/mol. The lowest BCUT2D eigenvalue weighted by atomic mass is 10.1. The SMILES string of the molecule is Cc1c(O)cccc1C(=O)N1CCN(Cc2ccc(Cl)cn2)CC1. The molecule has 1 aliphatic rings. The highest BCUT2D eigenvalue weighted by molar-refractivity contribution is 6.30. The summed E-state index contributed by atoms with van der Waals surface area (Å²) in [5, 5.41) is 10.4. The molecule has 1 aromatic carbocycles. The lowest BCUT2D eigenvalue weighted by molar-refractivity contribution is 0.0626. The van der Waals surface area contributed by atoms with Gasteiger partial charge in [-0.15, -0.1) is 0 Å². The first-order valence-corrected chi connectivity index (χ1v) is 8.33. The highest BCUT2D eigenvalue weighted by Gasteiger charge is 2.23. The van der Waals surface area contributed by atoms with Crippen molar-refractivity contribution in [2.75, 3.05) is 26.2 Å². The second-order valence-electron chi connectivity index (χ2n) is 5.99. The van der Waals surface area contributed by atoms with E-state index in [1.807, 2.05) is 17.0 Å². The molecule has 2 heterocycles. The van der Waals surface area contributed by atoms with Crippen LogP contribution in [0.2, 0.25) is 5.02 Å². The molecular weight excluding hydrogens is 326 g/mol. The van der Waals surface area contributed by atoms with E-state index in [1.165, 1.54) is 0 Å². The first-order valence-electron chi connectivity index (χ1n) is 7.95. The molecule has 126 valence electrons. The molecule has 6 heteroatoms. The minimum atomic E-state index is -0.0207. The fourth-order valence-corrected chi connectivity index (χ4v) is 2.98. The summed E-state index contributed by atoms with van der Waals surface area (Å²) in [6.45, 7) is 5.46. The van der Waals surface area contributed by atoms with Crippen molar-refractivity contribution in [3.05, 3.63) is 58.4 Å². The zero-order chi connectivity index (χ0) is 17.1. The van der Waals surface area contributed by atoms with E-state index in [0.29, 0.717) is 29.2 Å². The molecule has 0 spiro atoms. The number of piperazine rings is 1. The van der Waals surface area contributed by atoms with Crippen LogP contribution in [0.1, 0.15) is 21.6 Å². The van der Waals surface area contributed by atoms with E-state index in [1.54, 1.807) is 31.3 Å². The Bertz CT molecular complexity index is 726. The number of rotatable bonds is 3. The van der Waals surface area contributed by atoms with E-state index >= 15 is 0 Å². The van der Waals surface area contributed by atoms with Gasteiger partial charge in [0.1, 0.15) is 5.75 Å². The zero-order valence-corrected chi connectivity index (χ0v) is 14.3. The first-order chi connectivity index (χ1) is 11.5. The van der Waals surface area contributed by atoms with Crippen LogP contribution < -0.4 is 0 Å². The molecule has 3 rings (SSSR count). The average molecular weight is 346 g/mol. The molecule has 1 N–H and O–H groups in total. The number of carbonyl (C=O) groups excluding carboxylic acids is 1. The summed E-state index contributed by atoms with van der Waals surface area (Å²) < 4.78 is 0. The minimum absolute atomic E-state index is 0.0207. The number of carbonyl (C=O) groups is 1. The Morgan fingerprint density at radius 3 is 2.62 bits per heavy atom. The largest absolute Gasteiger partial charge is 0.508 e. The maximum atomic E-state index is 12.6. The summed E-state index contributed by atoms with van der Waals surface area (Å²) in [7, 11) is 0.